The number of likely N-dealkylation sites (tertiary alicyclic amines) is 1. The number of esters is 1. The van der Waals surface area contributed by atoms with Crippen molar-refractivity contribution in [2.45, 2.75) is 31.6 Å². The van der Waals surface area contributed by atoms with E-state index in [1.54, 1.807) is 0 Å². The van der Waals surface area contributed by atoms with Crippen LogP contribution in [0.3, 0.4) is 0 Å². The minimum absolute atomic E-state index is 0. The first-order valence-electron chi connectivity index (χ1n) is 9.43. The van der Waals surface area contributed by atoms with E-state index in [1.807, 2.05) is 37.3 Å². The molecule has 28 heavy (non-hydrogen) atoms. The van der Waals surface area contributed by atoms with Crippen LogP contribution in [0.5, 0.6) is 0 Å². The molecule has 154 valence electrons. The third-order valence-corrected chi connectivity index (χ3v) is 5.40. The van der Waals surface area contributed by atoms with E-state index in [0.717, 1.165) is 50.1 Å². The summed E-state index contributed by atoms with van der Waals surface area (Å²) in [5.41, 5.74) is 8.42. The Morgan fingerprint density at radius 3 is 2.21 bits per heavy atom. The summed E-state index contributed by atoms with van der Waals surface area (Å²) in [7, 11) is 0. The molecule has 2 N–H and O–H groups in total. The van der Waals surface area contributed by atoms with Gasteiger partial charge in [-0.15, -0.1) is 24.8 Å². The highest BCUT2D eigenvalue weighted by molar-refractivity contribution is 5.85. The Labute approximate surface area is 180 Å². The fourth-order valence-corrected chi connectivity index (χ4v) is 3.77. The van der Waals surface area contributed by atoms with Crippen LogP contribution >= 0.6 is 24.8 Å². The average molecular weight is 425 g/mol. The molecule has 1 saturated heterocycles. The highest BCUT2D eigenvalue weighted by Gasteiger charge is 2.43. The van der Waals surface area contributed by atoms with Crippen LogP contribution in [-0.2, 0) is 21.4 Å². The van der Waals surface area contributed by atoms with Crippen molar-refractivity contribution in [3.8, 4) is 0 Å². The summed E-state index contributed by atoms with van der Waals surface area (Å²) in [6.07, 6.45) is 2.60. The standard InChI is InChI=1S/C22H28N2O2.2ClH/c1-2-26-21(25)22(19-6-4-3-5-7-19)13-16-24(17-14-22)15-12-18-8-10-20(23)11-9-18;;/h3-11H,2,12-17,23H2,1H3;2*1H. The van der Waals surface area contributed by atoms with Crippen LogP contribution in [0, 0.1) is 0 Å². The third kappa shape index (κ3) is 5.63. The number of carbonyl (C=O) groups is 1. The molecule has 0 radical (unpaired) electrons. The van der Waals surface area contributed by atoms with Gasteiger partial charge in [-0.3, -0.25) is 4.79 Å². The van der Waals surface area contributed by atoms with Crippen molar-refractivity contribution < 1.29 is 9.53 Å². The Hall–Kier alpha value is -1.75. The minimum atomic E-state index is -0.505. The fraction of sp³-hybridized carbons (Fsp3) is 0.409. The van der Waals surface area contributed by atoms with Gasteiger partial charge in [0.05, 0.1) is 12.0 Å². The van der Waals surface area contributed by atoms with Gasteiger partial charge in [-0.05, 0) is 62.5 Å². The predicted molar refractivity (Wildman–Crippen MR) is 119 cm³/mol. The maximum atomic E-state index is 12.8. The molecule has 0 spiro atoms. The largest absolute Gasteiger partial charge is 0.465 e. The lowest BCUT2D eigenvalue weighted by Crippen LogP contribution is -2.48. The number of nitrogen functional groups attached to an aromatic ring is 1. The van der Waals surface area contributed by atoms with Crippen LogP contribution in [0.1, 0.15) is 30.9 Å². The van der Waals surface area contributed by atoms with Gasteiger partial charge in [0, 0.05) is 12.2 Å². The van der Waals surface area contributed by atoms with Crippen LogP contribution in [0.15, 0.2) is 54.6 Å². The molecule has 2 aromatic carbocycles. The normalized spacial score (nSPS) is 15.8. The molecule has 0 aliphatic carbocycles. The summed E-state index contributed by atoms with van der Waals surface area (Å²) in [6.45, 7) is 5.11. The van der Waals surface area contributed by atoms with Crippen LogP contribution in [0.2, 0.25) is 0 Å². The van der Waals surface area contributed by atoms with E-state index in [4.69, 9.17) is 10.5 Å². The second-order valence-electron chi connectivity index (χ2n) is 7.00. The van der Waals surface area contributed by atoms with Crippen LogP contribution in [0.25, 0.3) is 0 Å². The lowest BCUT2D eigenvalue weighted by Gasteiger charge is -2.40. The molecule has 0 bridgehead atoms. The maximum Gasteiger partial charge on any atom is 0.316 e. The summed E-state index contributed by atoms with van der Waals surface area (Å²) in [5.74, 6) is -0.0793. The van der Waals surface area contributed by atoms with Gasteiger partial charge in [-0.2, -0.15) is 0 Å². The molecule has 0 aromatic heterocycles. The van der Waals surface area contributed by atoms with Gasteiger partial charge in [0.15, 0.2) is 0 Å². The third-order valence-electron chi connectivity index (χ3n) is 5.40. The number of nitrogens with two attached hydrogens (primary N) is 1. The van der Waals surface area contributed by atoms with E-state index in [2.05, 4.69) is 29.2 Å². The van der Waals surface area contributed by atoms with E-state index in [9.17, 15) is 4.79 Å². The molecular weight excluding hydrogens is 395 g/mol. The number of benzene rings is 2. The van der Waals surface area contributed by atoms with Crippen molar-refractivity contribution in [3.63, 3.8) is 0 Å². The lowest BCUT2D eigenvalue weighted by atomic mass is 9.72. The van der Waals surface area contributed by atoms with Gasteiger partial charge in [0.25, 0.3) is 0 Å². The SMILES string of the molecule is CCOC(=O)C1(c2ccccc2)CCN(CCc2ccc(N)cc2)CC1.Cl.Cl. The lowest BCUT2D eigenvalue weighted by molar-refractivity contribution is -0.152. The van der Waals surface area contributed by atoms with Crippen molar-refractivity contribution >= 4 is 36.5 Å². The highest BCUT2D eigenvalue weighted by atomic mass is 35.5. The number of piperidine rings is 1. The van der Waals surface area contributed by atoms with Crippen LogP contribution in [-0.4, -0.2) is 37.1 Å². The highest BCUT2D eigenvalue weighted by Crippen LogP contribution is 2.37. The average Bonchev–Trinajstić information content (AvgIpc) is 2.69. The fourth-order valence-electron chi connectivity index (χ4n) is 3.77. The number of carbonyl (C=O) groups excluding carboxylic acids is 1. The predicted octanol–water partition coefficient (Wildman–Crippen LogP) is 4.25. The zero-order valence-electron chi connectivity index (χ0n) is 16.3. The molecule has 1 heterocycles. The van der Waals surface area contributed by atoms with Crippen molar-refractivity contribution in [2.75, 3.05) is 32.0 Å². The van der Waals surface area contributed by atoms with Crippen molar-refractivity contribution in [1.82, 2.24) is 4.90 Å². The molecule has 0 unspecified atom stereocenters. The van der Waals surface area contributed by atoms with Gasteiger partial charge >= 0.3 is 5.97 Å². The number of ether oxygens (including phenoxy) is 1. The van der Waals surface area contributed by atoms with Gasteiger partial charge < -0.3 is 15.4 Å². The monoisotopic (exact) mass is 424 g/mol. The molecule has 6 heteroatoms. The van der Waals surface area contributed by atoms with E-state index < -0.39 is 5.41 Å². The topological polar surface area (TPSA) is 55.6 Å². The molecule has 3 rings (SSSR count). The van der Waals surface area contributed by atoms with E-state index >= 15 is 0 Å². The summed E-state index contributed by atoms with van der Waals surface area (Å²) >= 11 is 0. The first kappa shape index (κ1) is 24.3. The first-order valence-corrected chi connectivity index (χ1v) is 9.43. The van der Waals surface area contributed by atoms with Gasteiger partial charge in [0.2, 0.25) is 0 Å². The Morgan fingerprint density at radius 1 is 1.04 bits per heavy atom. The Bertz CT molecular complexity index is 715. The van der Waals surface area contributed by atoms with Gasteiger partial charge in [-0.1, -0.05) is 42.5 Å². The number of halogens is 2. The molecule has 4 nitrogen and oxygen atoms in total. The summed E-state index contributed by atoms with van der Waals surface area (Å²) in [5, 5.41) is 0. The van der Waals surface area contributed by atoms with Crippen molar-refractivity contribution in [3.05, 3.63) is 65.7 Å². The molecule has 1 fully saturated rings. The maximum absolute atomic E-state index is 12.8. The Kier molecular flexibility index (Phi) is 9.80. The van der Waals surface area contributed by atoms with Crippen LogP contribution < -0.4 is 5.73 Å². The second kappa shape index (κ2) is 11.3. The van der Waals surface area contributed by atoms with E-state index in [-0.39, 0.29) is 30.8 Å². The molecule has 0 saturated carbocycles. The van der Waals surface area contributed by atoms with Crippen molar-refractivity contribution in [1.29, 1.82) is 0 Å². The van der Waals surface area contributed by atoms with Gasteiger partial charge in [-0.25, -0.2) is 0 Å². The molecule has 2 aromatic rings. The second-order valence-corrected chi connectivity index (χ2v) is 7.00. The summed E-state index contributed by atoms with van der Waals surface area (Å²) in [6, 6.07) is 18.2. The number of anilines is 1. The zero-order chi connectivity index (χ0) is 18.4. The molecule has 1 aliphatic heterocycles. The molecule has 1 aliphatic rings. The zero-order valence-corrected chi connectivity index (χ0v) is 17.9. The van der Waals surface area contributed by atoms with Gasteiger partial charge in [0.1, 0.15) is 0 Å². The number of hydrogen-bond acceptors (Lipinski definition) is 4. The summed E-state index contributed by atoms with van der Waals surface area (Å²) < 4.78 is 5.45. The number of hydrogen-bond donors (Lipinski definition) is 1. The summed E-state index contributed by atoms with van der Waals surface area (Å²) in [4.78, 5) is 15.2. The number of rotatable bonds is 6. The minimum Gasteiger partial charge on any atom is -0.465 e. The smallest absolute Gasteiger partial charge is 0.316 e. The molecule has 0 amide bonds. The Balaban J connectivity index is 0.00000196. The molecular formula is C22H30Cl2N2O2. The quantitative estimate of drug-likeness (QED) is 0.555. The Morgan fingerprint density at radius 2 is 1.64 bits per heavy atom. The van der Waals surface area contributed by atoms with E-state index in [0.29, 0.717) is 6.61 Å². The van der Waals surface area contributed by atoms with Crippen LogP contribution in [0.4, 0.5) is 5.69 Å². The number of nitrogens with zero attached hydrogens (tertiary/aromatic N) is 1. The molecule has 0 atom stereocenters. The first-order chi connectivity index (χ1) is 12.6. The van der Waals surface area contributed by atoms with E-state index in [1.165, 1.54) is 5.56 Å². The van der Waals surface area contributed by atoms with Crippen molar-refractivity contribution in [2.24, 2.45) is 0 Å².